The molecule has 1 aromatic rings. The maximum absolute atomic E-state index is 12.7. The highest BCUT2D eigenvalue weighted by Crippen LogP contribution is 2.20. The van der Waals surface area contributed by atoms with Crippen molar-refractivity contribution < 1.29 is 16.8 Å². The Hall–Kier alpha value is -1.98. The molecule has 2 N–H and O–H groups in total. The molecule has 1 rings (SSSR count). The van der Waals surface area contributed by atoms with E-state index in [-0.39, 0.29) is 22.9 Å². The Kier molecular flexibility index (Phi) is 13.8. The van der Waals surface area contributed by atoms with E-state index < -0.39 is 20.0 Å². The molecule has 0 amide bonds. The molecule has 178 valence electrons. The quantitative estimate of drug-likeness (QED) is 0.303. The Morgan fingerprint density at radius 3 is 1.31 bits per heavy atom. The summed E-state index contributed by atoms with van der Waals surface area (Å²) >= 11 is 0. The van der Waals surface area contributed by atoms with Crippen LogP contribution in [0.25, 0.3) is 0 Å². The molecular weight excluding hydrogens is 448 g/mol. The van der Waals surface area contributed by atoms with Crippen molar-refractivity contribution in [1.29, 1.82) is 10.5 Å². The van der Waals surface area contributed by atoms with E-state index in [1.807, 2.05) is 0 Å². The summed E-state index contributed by atoms with van der Waals surface area (Å²) in [6, 6.07) is 9.80. The summed E-state index contributed by atoms with van der Waals surface area (Å²) < 4.78 is 55.8. The lowest BCUT2D eigenvalue weighted by molar-refractivity contribution is 0.557. The van der Waals surface area contributed by atoms with Crippen LogP contribution in [0.15, 0.2) is 34.1 Å². The predicted octanol–water partition coefficient (Wildman–Crippen LogP) is 3.97. The van der Waals surface area contributed by atoms with Gasteiger partial charge in [-0.15, -0.1) is 0 Å². The molecule has 0 bridgehead atoms. The van der Waals surface area contributed by atoms with Gasteiger partial charge < -0.3 is 0 Å². The molecule has 0 aliphatic heterocycles. The van der Waals surface area contributed by atoms with Crippen molar-refractivity contribution in [3.05, 3.63) is 24.3 Å². The zero-order valence-corrected chi connectivity index (χ0v) is 20.2. The van der Waals surface area contributed by atoms with Crippen LogP contribution in [-0.4, -0.2) is 29.9 Å². The van der Waals surface area contributed by atoms with Gasteiger partial charge in [0.1, 0.15) is 9.79 Å². The second-order valence-corrected chi connectivity index (χ2v) is 11.1. The second-order valence-electron chi connectivity index (χ2n) is 7.59. The van der Waals surface area contributed by atoms with E-state index in [1.54, 1.807) is 0 Å². The molecule has 0 aliphatic carbocycles. The van der Waals surface area contributed by atoms with Crippen LogP contribution in [0.3, 0.4) is 0 Å². The number of unbranched alkanes of at least 4 members (excludes halogenated alkanes) is 10. The van der Waals surface area contributed by atoms with Crippen LogP contribution < -0.4 is 9.44 Å². The number of nitriles is 2. The first-order chi connectivity index (χ1) is 15.3. The Bertz CT molecular complexity index is 885. The van der Waals surface area contributed by atoms with Crippen molar-refractivity contribution in [2.24, 2.45) is 0 Å². The van der Waals surface area contributed by atoms with Crippen LogP contribution in [0.4, 0.5) is 0 Å². The van der Waals surface area contributed by atoms with Crippen molar-refractivity contribution in [2.45, 2.75) is 86.8 Å². The van der Waals surface area contributed by atoms with Gasteiger partial charge >= 0.3 is 0 Å². The lowest BCUT2D eigenvalue weighted by Crippen LogP contribution is -2.30. The maximum atomic E-state index is 12.7. The smallest absolute Gasteiger partial charge is 0.211 e. The van der Waals surface area contributed by atoms with Crippen LogP contribution >= 0.6 is 0 Å². The third kappa shape index (κ3) is 11.1. The fourth-order valence-electron chi connectivity index (χ4n) is 3.18. The molecule has 0 heterocycles. The van der Waals surface area contributed by atoms with Gasteiger partial charge in [-0.2, -0.15) is 10.5 Å². The molecule has 0 radical (unpaired) electrons. The van der Waals surface area contributed by atoms with Crippen LogP contribution in [-0.2, 0) is 20.0 Å². The van der Waals surface area contributed by atoms with Gasteiger partial charge in [-0.3, -0.25) is 0 Å². The van der Waals surface area contributed by atoms with E-state index in [0.717, 1.165) is 51.4 Å². The number of hydrogen-bond acceptors (Lipinski definition) is 6. The Morgan fingerprint density at radius 2 is 0.938 bits per heavy atom. The summed E-state index contributed by atoms with van der Waals surface area (Å²) in [4.78, 5) is -0.504. The first-order valence-corrected chi connectivity index (χ1v) is 14.1. The molecule has 0 unspecified atom stereocenters. The summed E-state index contributed by atoms with van der Waals surface area (Å²) in [5.41, 5.74) is 0. The topological polar surface area (TPSA) is 140 Å². The van der Waals surface area contributed by atoms with E-state index in [2.05, 4.69) is 21.6 Å². The van der Waals surface area contributed by atoms with Gasteiger partial charge in [-0.05, 0) is 37.8 Å². The van der Waals surface area contributed by atoms with E-state index in [4.69, 9.17) is 10.5 Å². The standard InChI is InChI=1S/C22H34N4O4S2/c23-17-11-5-1-3-7-13-19-25-31(27,28)21-15-9-10-16-22(21)32(29,30)26-20-14-8-4-2-6-12-18-24/h9-10,15-16,25-26H,1-8,11-14,19-20H2. The predicted molar refractivity (Wildman–Crippen MR) is 123 cm³/mol. The molecule has 0 saturated carbocycles. The van der Waals surface area contributed by atoms with Crippen molar-refractivity contribution in [3.8, 4) is 12.1 Å². The number of nitrogens with one attached hydrogen (secondary N) is 2. The number of nitrogens with zero attached hydrogens (tertiary/aromatic N) is 2. The molecule has 0 spiro atoms. The molecule has 32 heavy (non-hydrogen) atoms. The van der Waals surface area contributed by atoms with Crippen molar-refractivity contribution in [1.82, 2.24) is 9.44 Å². The highest BCUT2D eigenvalue weighted by molar-refractivity contribution is 7.92. The summed E-state index contributed by atoms with van der Waals surface area (Å²) in [5.74, 6) is 0. The third-order valence-electron chi connectivity index (χ3n) is 4.94. The Labute approximate surface area is 193 Å². The number of benzene rings is 1. The number of hydrogen-bond donors (Lipinski definition) is 2. The first kappa shape index (κ1) is 28.1. The third-order valence-corrected chi connectivity index (χ3v) is 8.11. The molecule has 0 atom stereocenters. The van der Waals surface area contributed by atoms with E-state index >= 15 is 0 Å². The van der Waals surface area contributed by atoms with Crippen LogP contribution in [0.1, 0.15) is 77.0 Å². The zero-order chi connectivity index (χ0) is 23.7. The summed E-state index contributed by atoms with van der Waals surface area (Å²) in [6.45, 7) is 0.461. The van der Waals surface area contributed by atoms with Gasteiger partial charge in [0.05, 0.1) is 12.1 Å². The van der Waals surface area contributed by atoms with Gasteiger partial charge in [0.25, 0.3) is 0 Å². The zero-order valence-electron chi connectivity index (χ0n) is 18.6. The molecule has 10 heteroatoms. The molecule has 0 fully saturated rings. The van der Waals surface area contributed by atoms with Gasteiger partial charge in [0.15, 0.2) is 0 Å². The van der Waals surface area contributed by atoms with E-state index in [1.165, 1.54) is 24.3 Å². The highest BCUT2D eigenvalue weighted by atomic mass is 32.2. The molecule has 8 nitrogen and oxygen atoms in total. The average molecular weight is 483 g/mol. The highest BCUT2D eigenvalue weighted by Gasteiger charge is 2.25. The van der Waals surface area contributed by atoms with Gasteiger partial charge in [0.2, 0.25) is 20.0 Å². The first-order valence-electron chi connectivity index (χ1n) is 11.2. The minimum atomic E-state index is -3.96. The molecule has 0 aliphatic rings. The lowest BCUT2D eigenvalue weighted by Gasteiger charge is -2.13. The van der Waals surface area contributed by atoms with Crippen LogP contribution in [0.2, 0.25) is 0 Å². The van der Waals surface area contributed by atoms with Crippen LogP contribution in [0, 0.1) is 22.7 Å². The molecule has 0 saturated heterocycles. The molecule has 0 aromatic heterocycles. The van der Waals surface area contributed by atoms with Crippen molar-refractivity contribution in [3.63, 3.8) is 0 Å². The largest absolute Gasteiger partial charge is 0.241 e. The number of rotatable bonds is 18. The van der Waals surface area contributed by atoms with E-state index in [0.29, 0.717) is 25.7 Å². The minimum absolute atomic E-state index is 0.230. The van der Waals surface area contributed by atoms with E-state index in [9.17, 15) is 16.8 Å². The SMILES string of the molecule is N#CCCCCCCCNS(=O)(=O)c1ccccc1S(=O)(=O)NCCCCCCCC#N. The summed E-state index contributed by atoms with van der Waals surface area (Å²) in [7, 11) is -7.92. The summed E-state index contributed by atoms with van der Waals surface area (Å²) in [6.07, 6.45) is 9.47. The van der Waals surface area contributed by atoms with Gasteiger partial charge in [-0.1, -0.05) is 50.7 Å². The fourth-order valence-corrected chi connectivity index (χ4v) is 6.16. The van der Waals surface area contributed by atoms with Gasteiger partial charge in [-0.25, -0.2) is 26.3 Å². The van der Waals surface area contributed by atoms with Crippen molar-refractivity contribution in [2.75, 3.05) is 13.1 Å². The normalized spacial score (nSPS) is 11.7. The Balaban J connectivity index is 2.56. The summed E-state index contributed by atoms with van der Waals surface area (Å²) in [5, 5.41) is 17.0. The molecular formula is C22H34N4O4S2. The van der Waals surface area contributed by atoms with Crippen molar-refractivity contribution >= 4 is 20.0 Å². The minimum Gasteiger partial charge on any atom is -0.211 e. The Morgan fingerprint density at radius 1 is 0.594 bits per heavy atom. The molecule has 1 aromatic carbocycles. The number of sulfonamides is 2. The monoisotopic (exact) mass is 482 g/mol. The second kappa shape index (κ2) is 15.8. The lowest BCUT2D eigenvalue weighted by atomic mass is 10.1. The van der Waals surface area contributed by atoms with Gasteiger partial charge in [0, 0.05) is 25.9 Å². The fraction of sp³-hybridized carbons (Fsp3) is 0.636. The average Bonchev–Trinajstić information content (AvgIpc) is 2.77. The maximum Gasteiger partial charge on any atom is 0.241 e. The van der Waals surface area contributed by atoms with Crippen LogP contribution in [0.5, 0.6) is 0 Å².